The van der Waals surface area contributed by atoms with Gasteiger partial charge in [-0.3, -0.25) is 0 Å². The highest BCUT2D eigenvalue weighted by Crippen LogP contribution is 2.16. The third-order valence-electron chi connectivity index (χ3n) is 5.50. The maximum Gasteiger partial charge on any atom is 0.410 e. The SMILES string of the molecule is C[C@H](NCc1ccccc1-n1ccnc1)[C@@H]1CN(C(=O)OCc2ccccc2)CCO1. The number of benzene rings is 2. The molecule has 1 aliphatic rings. The molecule has 31 heavy (non-hydrogen) atoms. The Morgan fingerprint density at radius 2 is 2.03 bits per heavy atom. The summed E-state index contributed by atoms with van der Waals surface area (Å²) in [6.45, 7) is 4.60. The van der Waals surface area contributed by atoms with E-state index in [0.717, 1.165) is 11.3 Å². The molecule has 1 fully saturated rings. The second-order valence-electron chi connectivity index (χ2n) is 7.66. The Morgan fingerprint density at radius 1 is 1.23 bits per heavy atom. The number of aromatic nitrogens is 2. The Labute approximate surface area is 182 Å². The first-order chi connectivity index (χ1) is 15.2. The highest BCUT2D eigenvalue weighted by molar-refractivity contribution is 5.67. The number of para-hydroxylation sites is 1. The van der Waals surface area contributed by atoms with Crippen molar-refractivity contribution in [1.82, 2.24) is 19.8 Å². The average molecular weight is 421 g/mol. The van der Waals surface area contributed by atoms with E-state index in [1.54, 1.807) is 17.4 Å². The number of nitrogens with zero attached hydrogens (tertiary/aromatic N) is 3. The number of carbonyl (C=O) groups is 1. The van der Waals surface area contributed by atoms with Gasteiger partial charge in [0.2, 0.25) is 0 Å². The third-order valence-corrected chi connectivity index (χ3v) is 5.50. The van der Waals surface area contributed by atoms with Crippen molar-refractivity contribution < 1.29 is 14.3 Å². The molecule has 2 aromatic carbocycles. The molecular formula is C24H28N4O3. The minimum Gasteiger partial charge on any atom is -0.445 e. The average Bonchev–Trinajstić information content (AvgIpc) is 3.37. The van der Waals surface area contributed by atoms with E-state index in [1.807, 2.05) is 53.2 Å². The maximum absolute atomic E-state index is 12.5. The minimum atomic E-state index is -0.296. The Kier molecular flexibility index (Phi) is 6.96. The van der Waals surface area contributed by atoms with Crippen molar-refractivity contribution in [1.29, 1.82) is 0 Å². The fourth-order valence-corrected chi connectivity index (χ4v) is 3.67. The minimum absolute atomic E-state index is 0.0700. The summed E-state index contributed by atoms with van der Waals surface area (Å²) in [5.41, 5.74) is 3.24. The van der Waals surface area contributed by atoms with Crippen molar-refractivity contribution in [2.24, 2.45) is 0 Å². The second-order valence-corrected chi connectivity index (χ2v) is 7.66. The molecule has 1 aromatic heterocycles. The molecule has 0 bridgehead atoms. The molecule has 7 heteroatoms. The van der Waals surface area contributed by atoms with Crippen molar-refractivity contribution in [3.63, 3.8) is 0 Å². The van der Waals surface area contributed by atoms with Gasteiger partial charge in [0, 0.05) is 31.5 Å². The lowest BCUT2D eigenvalue weighted by molar-refractivity contribution is -0.0419. The van der Waals surface area contributed by atoms with Gasteiger partial charge in [-0.2, -0.15) is 0 Å². The van der Waals surface area contributed by atoms with Crippen LogP contribution in [0.4, 0.5) is 4.79 Å². The van der Waals surface area contributed by atoms with Crippen LogP contribution in [-0.2, 0) is 22.6 Å². The molecule has 4 rings (SSSR count). The molecular weight excluding hydrogens is 392 g/mol. The van der Waals surface area contributed by atoms with Crippen LogP contribution in [0.2, 0.25) is 0 Å². The quantitative estimate of drug-likeness (QED) is 0.635. The van der Waals surface area contributed by atoms with E-state index in [-0.39, 0.29) is 24.8 Å². The van der Waals surface area contributed by atoms with Gasteiger partial charge in [-0.15, -0.1) is 0 Å². The Balaban J connectivity index is 1.30. The Bertz CT molecular complexity index is 962. The zero-order chi connectivity index (χ0) is 21.5. The highest BCUT2D eigenvalue weighted by Gasteiger charge is 2.29. The first kappa shape index (κ1) is 21.1. The van der Waals surface area contributed by atoms with Crippen LogP contribution in [0.1, 0.15) is 18.1 Å². The number of morpholine rings is 1. The maximum atomic E-state index is 12.5. The molecule has 162 valence electrons. The van der Waals surface area contributed by atoms with E-state index in [9.17, 15) is 4.79 Å². The zero-order valence-corrected chi connectivity index (χ0v) is 17.7. The van der Waals surface area contributed by atoms with Crippen molar-refractivity contribution in [2.45, 2.75) is 32.2 Å². The lowest BCUT2D eigenvalue weighted by Crippen LogP contribution is -2.52. The number of ether oxygens (including phenoxy) is 2. The first-order valence-corrected chi connectivity index (χ1v) is 10.6. The number of amides is 1. The number of imidazole rings is 1. The molecule has 0 unspecified atom stereocenters. The Morgan fingerprint density at radius 3 is 2.84 bits per heavy atom. The lowest BCUT2D eigenvalue weighted by atomic mass is 10.1. The van der Waals surface area contributed by atoms with E-state index >= 15 is 0 Å². The molecule has 2 atom stereocenters. The first-order valence-electron chi connectivity index (χ1n) is 10.6. The van der Waals surface area contributed by atoms with Crippen LogP contribution < -0.4 is 5.32 Å². The number of hydrogen-bond donors (Lipinski definition) is 1. The lowest BCUT2D eigenvalue weighted by Gasteiger charge is -2.35. The zero-order valence-electron chi connectivity index (χ0n) is 17.7. The van der Waals surface area contributed by atoms with E-state index in [0.29, 0.717) is 26.2 Å². The standard InChI is InChI=1S/C24H28N4O3/c1-19(26-15-21-9-5-6-10-22(21)28-12-11-25-18-28)23-16-27(13-14-30-23)24(29)31-17-20-7-3-2-4-8-20/h2-12,18-19,23,26H,13-17H2,1H3/t19-,23-/m0/s1. The van der Waals surface area contributed by atoms with Crippen LogP contribution in [0.5, 0.6) is 0 Å². The van der Waals surface area contributed by atoms with Crippen molar-refractivity contribution in [3.8, 4) is 5.69 Å². The fraction of sp³-hybridized carbons (Fsp3) is 0.333. The van der Waals surface area contributed by atoms with E-state index in [4.69, 9.17) is 9.47 Å². The molecule has 0 saturated carbocycles. The molecule has 3 aromatic rings. The molecule has 1 aliphatic heterocycles. The Hall–Kier alpha value is -3.16. The molecule has 1 saturated heterocycles. The van der Waals surface area contributed by atoms with Gasteiger partial charge in [-0.25, -0.2) is 9.78 Å². The van der Waals surface area contributed by atoms with Gasteiger partial charge >= 0.3 is 6.09 Å². The van der Waals surface area contributed by atoms with Crippen LogP contribution in [0.15, 0.2) is 73.3 Å². The van der Waals surface area contributed by atoms with Gasteiger partial charge in [0.05, 0.1) is 31.3 Å². The summed E-state index contributed by atoms with van der Waals surface area (Å²) in [5, 5.41) is 3.55. The predicted molar refractivity (Wildman–Crippen MR) is 118 cm³/mol. The molecule has 1 N–H and O–H groups in total. The van der Waals surface area contributed by atoms with Gasteiger partial charge in [0.1, 0.15) is 6.61 Å². The number of rotatable bonds is 7. The number of nitrogens with one attached hydrogen (secondary N) is 1. The smallest absolute Gasteiger partial charge is 0.410 e. The summed E-state index contributed by atoms with van der Waals surface area (Å²) in [6.07, 6.45) is 5.11. The van der Waals surface area contributed by atoms with Crippen LogP contribution in [0.25, 0.3) is 5.69 Å². The predicted octanol–water partition coefficient (Wildman–Crippen LogP) is 3.39. The summed E-state index contributed by atoms with van der Waals surface area (Å²) in [4.78, 5) is 18.4. The molecule has 0 spiro atoms. The molecule has 7 nitrogen and oxygen atoms in total. The third kappa shape index (κ3) is 5.51. The van der Waals surface area contributed by atoms with Gasteiger partial charge < -0.3 is 24.3 Å². The van der Waals surface area contributed by atoms with E-state index < -0.39 is 0 Å². The molecule has 2 heterocycles. The van der Waals surface area contributed by atoms with Gasteiger partial charge in [-0.05, 0) is 24.1 Å². The molecule has 0 radical (unpaired) electrons. The number of hydrogen-bond acceptors (Lipinski definition) is 5. The second kappa shape index (κ2) is 10.2. The van der Waals surface area contributed by atoms with Gasteiger partial charge in [0.15, 0.2) is 0 Å². The molecule has 0 aliphatic carbocycles. The van der Waals surface area contributed by atoms with Crippen LogP contribution in [0.3, 0.4) is 0 Å². The normalized spacial score (nSPS) is 17.3. The van der Waals surface area contributed by atoms with Gasteiger partial charge in [-0.1, -0.05) is 48.5 Å². The van der Waals surface area contributed by atoms with Crippen LogP contribution >= 0.6 is 0 Å². The largest absolute Gasteiger partial charge is 0.445 e. The van der Waals surface area contributed by atoms with E-state index in [2.05, 4.69) is 29.4 Å². The van der Waals surface area contributed by atoms with Crippen LogP contribution in [-0.4, -0.2) is 52.4 Å². The summed E-state index contributed by atoms with van der Waals surface area (Å²) >= 11 is 0. The van der Waals surface area contributed by atoms with E-state index in [1.165, 1.54) is 5.56 Å². The van der Waals surface area contributed by atoms with Crippen LogP contribution in [0, 0.1) is 0 Å². The van der Waals surface area contributed by atoms with Crippen molar-refractivity contribution in [3.05, 3.63) is 84.4 Å². The van der Waals surface area contributed by atoms with Gasteiger partial charge in [0.25, 0.3) is 0 Å². The monoisotopic (exact) mass is 420 g/mol. The summed E-state index contributed by atoms with van der Waals surface area (Å²) < 4.78 is 13.4. The topological polar surface area (TPSA) is 68.6 Å². The van der Waals surface area contributed by atoms with Crippen molar-refractivity contribution in [2.75, 3.05) is 19.7 Å². The summed E-state index contributed by atoms with van der Waals surface area (Å²) in [7, 11) is 0. The summed E-state index contributed by atoms with van der Waals surface area (Å²) in [6, 6.07) is 18.0. The van der Waals surface area contributed by atoms with Crippen molar-refractivity contribution >= 4 is 6.09 Å². The number of carbonyl (C=O) groups excluding carboxylic acids is 1. The molecule has 1 amide bonds. The highest BCUT2D eigenvalue weighted by atomic mass is 16.6. The fourth-order valence-electron chi connectivity index (χ4n) is 3.67. The summed E-state index contributed by atoms with van der Waals surface area (Å²) in [5.74, 6) is 0.